The van der Waals surface area contributed by atoms with E-state index in [1.807, 2.05) is 37.3 Å². The number of para-hydroxylation sites is 1. The molecular weight excluding hydrogens is 340 g/mol. The Kier molecular flexibility index (Phi) is 6.16. The Morgan fingerprint density at radius 2 is 1.96 bits per heavy atom. The maximum Gasteiger partial charge on any atom is 0.191 e. The Balaban J connectivity index is 1.59. The summed E-state index contributed by atoms with van der Waals surface area (Å²) in [6.45, 7) is 6.92. The molecule has 0 aliphatic rings. The first kappa shape index (κ1) is 19.0. The Morgan fingerprint density at radius 3 is 2.67 bits per heavy atom. The fraction of sp³-hybridized carbons (Fsp3) is 0.429. The van der Waals surface area contributed by atoms with Crippen molar-refractivity contribution >= 4 is 16.9 Å². The molecule has 1 aromatic carbocycles. The predicted octanol–water partition coefficient (Wildman–Crippen LogP) is 4.75. The van der Waals surface area contributed by atoms with Crippen LogP contribution in [0.2, 0.25) is 0 Å². The number of fused-ring (bicyclic) bond motifs is 1. The van der Waals surface area contributed by atoms with Crippen molar-refractivity contribution in [2.75, 3.05) is 7.05 Å². The van der Waals surface area contributed by atoms with E-state index in [1.54, 1.807) is 7.05 Å². The van der Waals surface area contributed by atoms with Gasteiger partial charge in [-0.2, -0.15) is 0 Å². The average Bonchev–Trinajstić information content (AvgIpc) is 3.33. The van der Waals surface area contributed by atoms with Gasteiger partial charge in [-0.15, -0.1) is 0 Å². The molecule has 6 nitrogen and oxygen atoms in total. The SMILES string of the molecule is CCC(CC)c1cc(CNC(=NC)NC(C)c2cc3ccccc3o2)on1. The number of hydrogen-bond acceptors (Lipinski definition) is 4. The topological polar surface area (TPSA) is 75.6 Å². The van der Waals surface area contributed by atoms with Gasteiger partial charge < -0.3 is 19.6 Å². The van der Waals surface area contributed by atoms with Crippen LogP contribution in [0.3, 0.4) is 0 Å². The van der Waals surface area contributed by atoms with E-state index in [0.717, 1.165) is 41.0 Å². The zero-order chi connectivity index (χ0) is 19.2. The molecule has 3 aromatic rings. The van der Waals surface area contributed by atoms with Gasteiger partial charge in [0, 0.05) is 24.4 Å². The van der Waals surface area contributed by atoms with E-state index in [9.17, 15) is 0 Å². The van der Waals surface area contributed by atoms with Crippen molar-refractivity contribution in [2.45, 2.75) is 52.1 Å². The quantitative estimate of drug-likeness (QED) is 0.465. The van der Waals surface area contributed by atoms with Crippen molar-refractivity contribution in [3.8, 4) is 0 Å². The average molecular weight is 368 g/mol. The van der Waals surface area contributed by atoms with Crippen LogP contribution in [0.5, 0.6) is 0 Å². The Hall–Kier alpha value is -2.76. The monoisotopic (exact) mass is 368 g/mol. The Morgan fingerprint density at radius 1 is 1.19 bits per heavy atom. The molecule has 0 spiro atoms. The molecule has 27 heavy (non-hydrogen) atoms. The first-order valence-electron chi connectivity index (χ1n) is 9.55. The fourth-order valence-electron chi connectivity index (χ4n) is 3.17. The zero-order valence-electron chi connectivity index (χ0n) is 16.5. The van der Waals surface area contributed by atoms with E-state index in [1.165, 1.54) is 0 Å². The number of guanidine groups is 1. The van der Waals surface area contributed by atoms with Crippen LogP contribution in [0.25, 0.3) is 11.0 Å². The van der Waals surface area contributed by atoms with Crippen molar-refractivity contribution < 1.29 is 8.94 Å². The van der Waals surface area contributed by atoms with Crippen molar-refractivity contribution in [1.29, 1.82) is 0 Å². The van der Waals surface area contributed by atoms with E-state index in [-0.39, 0.29) is 6.04 Å². The molecule has 0 fully saturated rings. The van der Waals surface area contributed by atoms with E-state index >= 15 is 0 Å². The third-order valence-electron chi connectivity index (χ3n) is 4.86. The van der Waals surface area contributed by atoms with Crippen LogP contribution in [-0.2, 0) is 6.54 Å². The summed E-state index contributed by atoms with van der Waals surface area (Å²) in [7, 11) is 1.75. The molecule has 0 radical (unpaired) electrons. The van der Waals surface area contributed by atoms with Gasteiger partial charge in [0.05, 0.1) is 18.3 Å². The van der Waals surface area contributed by atoms with Gasteiger partial charge in [0.25, 0.3) is 0 Å². The zero-order valence-corrected chi connectivity index (χ0v) is 16.5. The number of aromatic nitrogens is 1. The lowest BCUT2D eigenvalue weighted by atomic mass is 9.99. The fourth-order valence-corrected chi connectivity index (χ4v) is 3.17. The van der Waals surface area contributed by atoms with Crippen LogP contribution < -0.4 is 10.6 Å². The number of furan rings is 1. The van der Waals surface area contributed by atoms with Gasteiger partial charge in [-0.05, 0) is 31.9 Å². The van der Waals surface area contributed by atoms with E-state index in [4.69, 9.17) is 8.94 Å². The molecule has 6 heteroatoms. The van der Waals surface area contributed by atoms with Crippen LogP contribution in [0.15, 0.2) is 50.3 Å². The summed E-state index contributed by atoms with van der Waals surface area (Å²) >= 11 is 0. The molecule has 0 aliphatic carbocycles. The summed E-state index contributed by atoms with van der Waals surface area (Å²) in [6, 6.07) is 12.1. The van der Waals surface area contributed by atoms with Crippen LogP contribution in [-0.4, -0.2) is 18.2 Å². The lowest BCUT2D eigenvalue weighted by Gasteiger charge is -2.15. The van der Waals surface area contributed by atoms with Crippen LogP contribution in [0.1, 0.15) is 62.8 Å². The number of nitrogens with zero attached hydrogens (tertiary/aromatic N) is 2. The minimum Gasteiger partial charge on any atom is -0.459 e. The minimum atomic E-state index is -0.0153. The summed E-state index contributed by atoms with van der Waals surface area (Å²) in [5.74, 6) is 2.81. The minimum absolute atomic E-state index is 0.0153. The lowest BCUT2D eigenvalue weighted by Crippen LogP contribution is -2.38. The van der Waals surface area contributed by atoms with Crippen LogP contribution >= 0.6 is 0 Å². The second-order valence-electron chi connectivity index (χ2n) is 6.71. The Bertz CT molecular complexity index is 859. The number of hydrogen-bond donors (Lipinski definition) is 2. The van der Waals surface area contributed by atoms with E-state index in [0.29, 0.717) is 18.4 Å². The normalized spacial score (nSPS) is 13.3. The van der Waals surface area contributed by atoms with Crippen molar-refractivity contribution in [1.82, 2.24) is 15.8 Å². The largest absolute Gasteiger partial charge is 0.459 e. The highest BCUT2D eigenvalue weighted by Crippen LogP contribution is 2.24. The summed E-state index contributed by atoms with van der Waals surface area (Å²) in [4.78, 5) is 4.29. The maximum absolute atomic E-state index is 5.92. The van der Waals surface area contributed by atoms with Crippen LogP contribution in [0.4, 0.5) is 0 Å². The highest BCUT2D eigenvalue weighted by Gasteiger charge is 2.15. The van der Waals surface area contributed by atoms with Crippen LogP contribution in [0, 0.1) is 0 Å². The molecule has 3 rings (SSSR count). The molecular formula is C21H28N4O2. The summed E-state index contributed by atoms with van der Waals surface area (Å²) in [5.41, 5.74) is 1.91. The first-order valence-corrected chi connectivity index (χ1v) is 9.55. The highest BCUT2D eigenvalue weighted by molar-refractivity contribution is 5.81. The van der Waals surface area contributed by atoms with E-state index in [2.05, 4.69) is 40.7 Å². The standard InChI is InChI=1S/C21H28N4O2/c1-5-15(6-2)18-12-17(27-25-18)13-23-21(22-4)24-14(3)20-11-16-9-7-8-10-19(16)26-20/h7-12,14-15H,5-6,13H2,1-4H3,(H2,22,23,24). The summed E-state index contributed by atoms with van der Waals surface area (Å²) in [6.07, 6.45) is 2.13. The third-order valence-corrected chi connectivity index (χ3v) is 4.86. The second-order valence-corrected chi connectivity index (χ2v) is 6.71. The number of benzene rings is 1. The molecule has 0 saturated heterocycles. The molecule has 144 valence electrons. The summed E-state index contributed by atoms with van der Waals surface area (Å²) in [5, 5.41) is 11.9. The van der Waals surface area contributed by atoms with Crippen molar-refractivity contribution in [3.63, 3.8) is 0 Å². The second kappa shape index (κ2) is 8.75. The molecule has 2 aromatic heterocycles. The molecule has 2 heterocycles. The van der Waals surface area contributed by atoms with Gasteiger partial charge in [0.15, 0.2) is 11.7 Å². The van der Waals surface area contributed by atoms with Crippen molar-refractivity contribution in [3.05, 3.63) is 53.6 Å². The van der Waals surface area contributed by atoms with Gasteiger partial charge in [0.1, 0.15) is 11.3 Å². The maximum atomic E-state index is 5.92. The van der Waals surface area contributed by atoms with Gasteiger partial charge in [-0.3, -0.25) is 4.99 Å². The molecule has 1 unspecified atom stereocenters. The van der Waals surface area contributed by atoms with Gasteiger partial charge >= 0.3 is 0 Å². The molecule has 0 amide bonds. The predicted molar refractivity (Wildman–Crippen MR) is 108 cm³/mol. The molecule has 0 saturated carbocycles. The van der Waals surface area contributed by atoms with Gasteiger partial charge in [-0.1, -0.05) is 37.2 Å². The third kappa shape index (κ3) is 4.51. The van der Waals surface area contributed by atoms with E-state index < -0.39 is 0 Å². The lowest BCUT2D eigenvalue weighted by molar-refractivity contribution is 0.367. The highest BCUT2D eigenvalue weighted by atomic mass is 16.5. The molecule has 0 bridgehead atoms. The Labute approximate surface area is 160 Å². The van der Waals surface area contributed by atoms with Gasteiger partial charge in [0.2, 0.25) is 0 Å². The molecule has 2 N–H and O–H groups in total. The number of aliphatic imine (C=N–C) groups is 1. The summed E-state index contributed by atoms with van der Waals surface area (Å²) < 4.78 is 11.4. The van der Waals surface area contributed by atoms with Gasteiger partial charge in [-0.25, -0.2) is 0 Å². The number of nitrogens with one attached hydrogen (secondary N) is 2. The molecule has 1 atom stereocenters. The first-order chi connectivity index (χ1) is 13.1. The smallest absolute Gasteiger partial charge is 0.191 e. The number of rotatable bonds is 7. The molecule has 0 aliphatic heterocycles. The van der Waals surface area contributed by atoms with Crippen molar-refractivity contribution in [2.24, 2.45) is 4.99 Å².